The van der Waals surface area contributed by atoms with Gasteiger partial charge in [-0.2, -0.15) is 0 Å². The molecule has 1 N–H and O–H groups in total. The second-order valence-corrected chi connectivity index (χ2v) is 5.58. The van der Waals surface area contributed by atoms with Crippen LogP contribution in [0.1, 0.15) is 64.0 Å². The van der Waals surface area contributed by atoms with Crippen molar-refractivity contribution in [2.45, 2.75) is 64.5 Å². The van der Waals surface area contributed by atoms with Gasteiger partial charge in [0.1, 0.15) is 0 Å². The van der Waals surface area contributed by atoms with Gasteiger partial charge in [0.15, 0.2) is 0 Å². The first-order valence-corrected chi connectivity index (χ1v) is 7.47. The zero-order valence-electron chi connectivity index (χ0n) is 11.7. The number of aromatic nitrogens is 1. The van der Waals surface area contributed by atoms with Crippen molar-refractivity contribution in [1.82, 2.24) is 10.3 Å². The summed E-state index contributed by atoms with van der Waals surface area (Å²) in [5.41, 5.74) is 1.35. The van der Waals surface area contributed by atoms with Crippen LogP contribution in [-0.4, -0.2) is 11.0 Å². The maximum absolute atomic E-state index is 4.09. The molecule has 1 aliphatic rings. The molecule has 100 valence electrons. The second kappa shape index (κ2) is 6.89. The molecule has 18 heavy (non-hydrogen) atoms. The molecule has 1 aromatic rings. The van der Waals surface area contributed by atoms with Gasteiger partial charge in [-0.05, 0) is 49.8 Å². The standard InChI is InChI=1S/C16H26N2/c1-3-16(15-7-5-4-6-8-15)18-13(2)14-9-11-17-12-10-14/h9-13,15-16,18H,3-8H2,1-2H3. The minimum atomic E-state index is 0.430. The number of hydrogen-bond acceptors (Lipinski definition) is 2. The van der Waals surface area contributed by atoms with Gasteiger partial charge in [-0.15, -0.1) is 0 Å². The molecule has 0 aliphatic heterocycles. The van der Waals surface area contributed by atoms with Crippen molar-refractivity contribution < 1.29 is 0 Å². The summed E-state index contributed by atoms with van der Waals surface area (Å²) in [4.78, 5) is 4.09. The van der Waals surface area contributed by atoms with Crippen molar-refractivity contribution in [1.29, 1.82) is 0 Å². The fourth-order valence-electron chi connectivity index (χ4n) is 3.19. The highest BCUT2D eigenvalue weighted by Gasteiger charge is 2.23. The Morgan fingerprint density at radius 3 is 2.50 bits per heavy atom. The Hall–Kier alpha value is -0.890. The first kappa shape index (κ1) is 13.5. The van der Waals surface area contributed by atoms with Crippen LogP contribution in [0.15, 0.2) is 24.5 Å². The number of pyridine rings is 1. The maximum Gasteiger partial charge on any atom is 0.0295 e. The van der Waals surface area contributed by atoms with Gasteiger partial charge in [-0.25, -0.2) is 0 Å². The third kappa shape index (κ3) is 3.55. The van der Waals surface area contributed by atoms with Crippen LogP contribution in [0.2, 0.25) is 0 Å². The van der Waals surface area contributed by atoms with E-state index in [1.165, 1.54) is 44.1 Å². The van der Waals surface area contributed by atoms with Crippen molar-refractivity contribution in [2.75, 3.05) is 0 Å². The van der Waals surface area contributed by atoms with Crippen LogP contribution in [0.5, 0.6) is 0 Å². The van der Waals surface area contributed by atoms with Gasteiger partial charge in [-0.1, -0.05) is 26.2 Å². The number of hydrogen-bond donors (Lipinski definition) is 1. The Kier molecular flexibility index (Phi) is 5.18. The maximum atomic E-state index is 4.09. The Morgan fingerprint density at radius 2 is 1.89 bits per heavy atom. The van der Waals surface area contributed by atoms with Gasteiger partial charge in [-0.3, -0.25) is 4.98 Å². The molecule has 1 saturated carbocycles. The molecule has 0 spiro atoms. The van der Waals surface area contributed by atoms with E-state index >= 15 is 0 Å². The summed E-state index contributed by atoms with van der Waals surface area (Å²) in [6.45, 7) is 4.58. The molecule has 1 heterocycles. The Labute approximate surface area is 111 Å². The molecule has 1 aromatic heterocycles. The lowest BCUT2D eigenvalue weighted by molar-refractivity contribution is 0.249. The van der Waals surface area contributed by atoms with E-state index < -0.39 is 0 Å². The highest BCUT2D eigenvalue weighted by molar-refractivity contribution is 5.14. The van der Waals surface area contributed by atoms with Crippen LogP contribution in [0, 0.1) is 5.92 Å². The average Bonchev–Trinajstić information content (AvgIpc) is 2.46. The highest BCUT2D eigenvalue weighted by atomic mass is 15.0. The lowest BCUT2D eigenvalue weighted by atomic mass is 9.82. The van der Waals surface area contributed by atoms with Crippen LogP contribution in [0.3, 0.4) is 0 Å². The normalized spacial score (nSPS) is 20.6. The van der Waals surface area contributed by atoms with Crippen molar-refractivity contribution in [2.24, 2.45) is 5.92 Å². The minimum Gasteiger partial charge on any atom is -0.307 e. The van der Waals surface area contributed by atoms with Crippen LogP contribution < -0.4 is 5.32 Å². The molecule has 0 bridgehead atoms. The first-order chi connectivity index (χ1) is 8.81. The molecule has 2 heteroatoms. The summed E-state index contributed by atoms with van der Waals surface area (Å²) >= 11 is 0. The van der Waals surface area contributed by atoms with E-state index in [-0.39, 0.29) is 0 Å². The van der Waals surface area contributed by atoms with E-state index in [1.807, 2.05) is 12.4 Å². The third-order valence-corrected chi connectivity index (χ3v) is 4.33. The summed E-state index contributed by atoms with van der Waals surface area (Å²) in [5, 5.41) is 3.82. The lowest BCUT2D eigenvalue weighted by Crippen LogP contribution is -2.38. The van der Waals surface area contributed by atoms with Crippen molar-refractivity contribution in [3.8, 4) is 0 Å². The molecule has 0 radical (unpaired) electrons. The zero-order chi connectivity index (χ0) is 12.8. The van der Waals surface area contributed by atoms with Crippen LogP contribution in [-0.2, 0) is 0 Å². The summed E-state index contributed by atoms with van der Waals surface area (Å²) in [7, 11) is 0. The van der Waals surface area contributed by atoms with E-state index in [4.69, 9.17) is 0 Å². The quantitative estimate of drug-likeness (QED) is 0.846. The van der Waals surface area contributed by atoms with Gasteiger partial charge in [0.25, 0.3) is 0 Å². The monoisotopic (exact) mass is 246 g/mol. The van der Waals surface area contributed by atoms with Crippen LogP contribution >= 0.6 is 0 Å². The molecule has 2 rings (SSSR count). The van der Waals surface area contributed by atoms with Gasteiger partial charge >= 0.3 is 0 Å². The summed E-state index contributed by atoms with van der Waals surface area (Å²) < 4.78 is 0. The Balaban J connectivity index is 1.93. The largest absolute Gasteiger partial charge is 0.307 e. The average molecular weight is 246 g/mol. The fourth-order valence-corrected chi connectivity index (χ4v) is 3.19. The first-order valence-electron chi connectivity index (χ1n) is 7.47. The molecule has 0 saturated heterocycles. The molecule has 1 fully saturated rings. The van der Waals surface area contributed by atoms with Gasteiger partial charge in [0, 0.05) is 24.5 Å². The molecular formula is C16H26N2. The third-order valence-electron chi connectivity index (χ3n) is 4.33. The van der Waals surface area contributed by atoms with Crippen molar-refractivity contribution >= 4 is 0 Å². The smallest absolute Gasteiger partial charge is 0.0295 e. The van der Waals surface area contributed by atoms with E-state index in [9.17, 15) is 0 Å². The molecule has 0 amide bonds. The van der Waals surface area contributed by atoms with Crippen LogP contribution in [0.25, 0.3) is 0 Å². The predicted octanol–water partition coefficient (Wildman–Crippen LogP) is 4.09. The summed E-state index contributed by atoms with van der Waals surface area (Å²) in [6, 6.07) is 5.34. The SMILES string of the molecule is CCC(NC(C)c1ccncc1)C1CCCCC1. The van der Waals surface area contributed by atoms with E-state index in [2.05, 4.69) is 36.3 Å². The van der Waals surface area contributed by atoms with Crippen molar-refractivity contribution in [3.05, 3.63) is 30.1 Å². The number of nitrogens with one attached hydrogen (secondary N) is 1. The van der Waals surface area contributed by atoms with Crippen molar-refractivity contribution in [3.63, 3.8) is 0 Å². The van der Waals surface area contributed by atoms with E-state index in [1.54, 1.807) is 0 Å². The predicted molar refractivity (Wildman–Crippen MR) is 76.4 cm³/mol. The van der Waals surface area contributed by atoms with Gasteiger partial charge in [0.05, 0.1) is 0 Å². The molecule has 2 unspecified atom stereocenters. The topological polar surface area (TPSA) is 24.9 Å². The molecular weight excluding hydrogens is 220 g/mol. The summed E-state index contributed by atoms with van der Waals surface area (Å²) in [5.74, 6) is 0.882. The van der Waals surface area contributed by atoms with E-state index in [0.717, 1.165) is 5.92 Å². The number of nitrogens with zero attached hydrogens (tertiary/aromatic N) is 1. The minimum absolute atomic E-state index is 0.430. The molecule has 2 nitrogen and oxygen atoms in total. The fraction of sp³-hybridized carbons (Fsp3) is 0.688. The Bertz CT molecular complexity index is 330. The van der Waals surface area contributed by atoms with E-state index in [0.29, 0.717) is 12.1 Å². The summed E-state index contributed by atoms with van der Waals surface area (Å²) in [6.07, 6.45) is 12.1. The highest BCUT2D eigenvalue weighted by Crippen LogP contribution is 2.29. The molecule has 1 aliphatic carbocycles. The number of rotatable bonds is 5. The Morgan fingerprint density at radius 1 is 1.22 bits per heavy atom. The lowest BCUT2D eigenvalue weighted by Gasteiger charge is -2.32. The van der Waals surface area contributed by atoms with Gasteiger partial charge in [0.2, 0.25) is 0 Å². The second-order valence-electron chi connectivity index (χ2n) is 5.58. The molecule has 0 aromatic carbocycles. The van der Waals surface area contributed by atoms with Crippen LogP contribution in [0.4, 0.5) is 0 Å². The van der Waals surface area contributed by atoms with Gasteiger partial charge < -0.3 is 5.32 Å². The zero-order valence-corrected chi connectivity index (χ0v) is 11.7. The molecule has 2 atom stereocenters.